The second-order valence-electron chi connectivity index (χ2n) is 9.04. The summed E-state index contributed by atoms with van der Waals surface area (Å²) < 4.78 is 0.211. The van der Waals surface area contributed by atoms with Crippen LogP contribution in [0.3, 0.4) is 0 Å². The van der Waals surface area contributed by atoms with Crippen molar-refractivity contribution in [3.63, 3.8) is 0 Å². The molecule has 1 unspecified atom stereocenters. The van der Waals surface area contributed by atoms with Gasteiger partial charge in [0, 0.05) is 6.42 Å². The highest BCUT2D eigenvalue weighted by Gasteiger charge is 2.55. The van der Waals surface area contributed by atoms with Gasteiger partial charge in [-0.3, -0.25) is 0 Å². The molecule has 0 radical (unpaired) electrons. The van der Waals surface area contributed by atoms with Crippen LogP contribution in [0.1, 0.15) is 31.0 Å². The lowest BCUT2D eigenvalue weighted by atomic mass is 10.1. The van der Waals surface area contributed by atoms with Gasteiger partial charge in [0.1, 0.15) is 28.8 Å². The predicted octanol–water partition coefficient (Wildman–Crippen LogP) is 4.70. The van der Waals surface area contributed by atoms with E-state index in [2.05, 4.69) is 152 Å². The summed E-state index contributed by atoms with van der Waals surface area (Å²) >= 11 is 4.34. The van der Waals surface area contributed by atoms with E-state index in [0.717, 1.165) is 6.42 Å². The minimum absolute atomic E-state index is 0. The van der Waals surface area contributed by atoms with Crippen LogP contribution in [0.25, 0.3) is 0 Å². The van der Waals surface area contributed by atoms with Gasteiger partial charge in [0.05, 0.1) is 4.08 Å². The average molecular weight is 580 g/mol. The first-order valence-electron chi connectivity index (χ1n) is 12.1. The van der Waals surface area contributed by atoms with Crippen LogP contribution < -0.4 is 32.9 Å². The van der Waals surface area contributed by atoms with E-state index in [9.17, 15) is 0 Å². The van der Waals surface area contributed by atoms with Crippen LogP contribution in [0.2, 0.25) is 0 Å². The quantitative estimate of drug-likeness (QED) is 0.291. The van der Waals surface area contributed by atoms with Crippen molar-refractivity contribution in [2.75, 3.05) is 11.5 Å². The van der Waals surface area contributed by atoms with Crippen molar-refractivity contribution in [2.45, 2.75) is 29.5 Å². The molecule has 1 aliphatic rings. The average Bonchev–Trinajstić information content (AvgIpc) is 2.91. The van der Waals surface area contributed by atoms with Crippen LogP contribution in [0.5, 0.6) is 0 Å². The van der Waals surface area contributed by atoms with E-state index >= 15 is 0 Å². The Kier molecular flexibility index (Phi) is 9.22. The lowest BCUT2D eigenvalue weighted by molar-refractivity contribution is -0.00000652. The topological polar surface area (TPSA) is 0 Å². The Balaban J connectivity index is 0.00000289. The Morgan fingerprint density at radius 1 is 0.629 bits per heavy atom. The second-order valence-corrected chi connectivity index (χ2v) is 16.1. The fourth-order valence-corrected chi connectivity index (χ4v) is 13.7. The molecule has 0 N–H and O–H groups in total. The zero-order valence-corrected chi connectivity index (χ0v) is 24.2. The first-order valence-corrected chi connectivity index (χ1v) is 15.9. The van der Waals surface area contributed by atoms with Gasteiger partial charge in [-0.2, -0.15) is 0 Å². The zero-order valence-electron chi connectivity index (χ0n) is 20.1. The number of hydrogen-bond donors (Lipinski definition) is 0. The molecule has 1 atom stereocenters. The van der Waals surface area contributed by atoms with E-state index < -0.39 is 7.26 Å². The highest BCUT2D eigenvalue weighted by atomic mass is 79.9. The first-order chi connectivity index (χ1) is 16.7. The van der Waals surface area contributed by atoms with Gasteiger partial charge in [0.15, 0.2) is 0 Å². The van der Waals surface area contributed by atoms with E-state index in [1.807, 2.05) is 0 Å². The molecule has 4 heteroatoms. The molecule has 0 saturated carbocycles. The summed E-state index contributed by atoms with van der Waals surface area (Å²) in [5.41, 5.74) is 1.85. The summed E-state index contributed by atoms with van der Waals surface area (Å²) in [6, 6.07) is 45.4. The lowest BCUT2D eigenvalue weighted by Crippen LogP contribution is -3.00. The van der Waals surface area contributed by atoms with Crippen molar-refractivity contribution in [3.05, 3.63) is 127 Å². The van der Waals surface area contributed by atoms with E-state index in [0.29, 0.717) is 5.66 Å². The third kappa shape index (κ3) is 5.59. The molecule has 1 fully saturated rings. The van der Waals surface area contributed by atoms with E-state index in [1.54, 1.807) is 0 Å². The Hall–Kier alpha value is -1.51. The molecule has 1 heterocycles. The van der Waals surface area contributed by atoms with E-state index in [1.165, 1.54) is 39.4 Å². The summed E-state index contributed by atoms with van der Waals surface area (Å²) in [6.45, 7) is 2.49. The normalized spacial score (nSPS) is 16.1. The highest BCUT2D eigenvalue weighted by molar-refractivity contribution is 8.18. The van der Waals surface area contributed by atoms with E-state index in [-0.39, 0.29) is 21.1 Å². The molecule has 5 rings (SSSR count). The molecule has 0 spiro atoms. The van der Waals surface area contributed by atoms with Crippen molar-refractivity contribution in [3.8, 4) is 0 Å². The van der Waals surface area contributed by atoms with Crippen LogP contribution in [0.15, 0.2) is 121 Å². The Bertz CT molecular complexity index is 1070. The second kappa shape index (κ2) is 12.2. The number of halogens is 1. The highest BCUT2D eigenvalue weighted by Crippen LogP contribution is 2.70. The SMILES string of the molecule is CC1(CC(c2ccccc2)[P+](c2ccccc2)(c2ccccc2)c2ccccc2)SCCCS1.[Br-]. The minimum atomic E-state index is -2.02. The van der Waals surface area contributed by atoms with Crippen LogP contribution in [0.4, 0.5) is 0 Å². The number of thioether (sulfide) groups is 2. The molecular formula is C31H32BrPS2. The van der Waals surface area contributed by atoms with Crippen LogP contribution >= 0.6 is 30.8 Å². The molecule has 180 valence electrons. The Labute approximate surface area is 230 Å². The van der Waals surface area contributed by atoms with Crippen molar-refractivity contribution in [1.29, 1.82) is 0 Å². The Morgan fingerprint density at radius 2 is 1.00 bits per heavy atom. The van der Waals surface area contributed by atoms with Crippen molar-refractivity contribution < 1.29 is 17.0 Å². The molecule has 0 aromatic heterocycles. The number of benzene rings is 4. The zero-order chi connectivity index (χ0) is 23.3. The summed E-state index contributed by atoms with van der Waals surface area (Å²) in [7, 11) is -2.02. The third-order valence-corrected chi connectivity index (χ3v) is 14.8. The lowest BCUT2D eigenvalue weighted by Gasteiger charge is -2.41. The molecule has 0 bridgehead atoms. The third-order valence-electron chi connectivity index (χ3n) is 6.81. The first kappa shape index (κ1) is 26.6. The van der Waals surface area contributed by atoms with Gasteiger partial charge in [-0.05, 0) is 66.8 Å². The molecule has 4 aromatic carbocycles. The van der Waals surface area contributed by atoms with E-state index in [4.69, 9.17) is 0 Å². The largest absolute Gasteiger partial charge is 1.00 e. The van der Waals surface area contributed by atoms with Gasteiger partial charge < -0.3 is 17.0 Å². The molecular weight excluding hydrogens is 547 g/mol. The predicted molar refractivity (Wildman–Crippen MR) is 157 cm³/mol. The maximum absolute atomic E-state index is 2.49. The van der Waals surface area contributed by atoms with Crippen molar-refractivity contribution in [2.24, 2.45) is 0 Å². The summed E-state index contributed by atoms with van der Waals surface area (Å²) in [5, 5.41) is 4.40. The van der Waals surface area contributed by atoms with Crippen molar-refractivity contribution >= 4 is 46.7 Å². The molecule has 4 aromatic rings. The van der Waals surface area contributed by atoms with Crippen LogP contribution in [-0.4, -0.2) is 15.6 Å². The number of rotatable bonds is 7. The summed E-state index contributed by atoms with van der Waals surface area (Å²) in [6.07, 6.45) is 2.47. The van der Waals surface area contributed by atoms with Gasteiger partial charge in [-0.15, -0.1) is 23.5 Å². The minimum Gasteiger partial charge on any atom is -1.00 e. The molecule has 0 aliphatic carbocycles. The van der Waals surface area contributed by atoms with Gasteiger partial charge in [0.25, 0.3) is 0 Å². The summed E-state index contributed by atoms with van der Waals surface area (Å²) in [5.74, 6) is 2.52. The van der Waals surface area contributed by atoms with Crippen LogP contribution in [0, 0.1) is 0 Å². The number of hydrogen-bond acceptors (Lipinski definition) is 2. The van der Waals surface area contributed by atoms with Gasteiger partial charge in [-0.1, -0.05) is 84.9 Å². The fraction of sp³-hybridized carbons (Fsp3) is 0.226. The van der Waals surface area contributed by atoms with Gasteiger partial charge >= 0.3 is 0 Å². The molecule has 35 heavy (non-hydrogen) atoms. The maximum atomic E-state index is 2.49. The summed E-state index contributed by atoms with van der Waals surface area (Å²) in [4.78, 5) is 0. The standard InChI is InChI=1S/C31H32PS2.BrH/c1-31(33-23-14-24-34-31)25-30(26-15-6-2-7-16-26)32(27-17-8-3-9-18-27,28-19-10-4-11-20-28)29-21-12-5-13-22-29;/h2-13,15-22,30H,14,23-25H2,1H3;1H/q+1;/p-1. The monoisotopic (exact) mass is 578 g/mol. The van der Waals surface area contributed by atoms with Crippen molar-refractivity contribution in [1.82, 2.24) is 0 Å². The smallest absolute Gasteiger partial charge is 0.119 e. The Morgan fingerprint density at radius 3 is 1.40 bits per heavy atom. The van der Waals surface area contributed by atoms with Gasteiger partial charge in [0.2, 0.25) is 0 Å². The molecule has 1 aliphatic heterocycles. The fourth-order valence-electron chi connectivity index (χ4n) is 5.28. The molecule has 1 saturated heterocycles. The van der Waals surface area contributed by atoms with Crippen LogP contribution in [-0.2, 0) is 0 Å². The molecule has 0 nitrogen and oxygen atoms in total. The maximum Gasteiger partial charge on any atom is 0.119 e. The van der Waals surface area contributed by atoms with Gasteiger partial charge in [-0.25, -0.2) is 0 Å². The molecule has 0 amide bonds.